The second-order valence-electron chi connectivity index (χ2n) is 4.17. The Balaban J connectivity index is 2.11. The lowest BCUT2D eigenvalue weighted by atomic mass is 10.2. The fourth-order valence-corrected chi connectivity index (χ4v) is 2.33. The smallest absolute Gasteiger partial charge is 0.260 e. The van der Waals surface area contributed by atoms with Gasteiger partial charge in [0, 0.05) is 5.02 Å². The molecule has 3 N–H and O–H groups in total. The van der Waals surface area contributed by atoms with Gasteiger partial charge in [-0.05, 0) is 36.5 Å². The average molecular weight is 359 g/mol. The molecule has 114 valence electrons. The van der Waals surface area contributed by atoms with Gasteiger partial charge in [-0.3, -0.25) is 10.1 Å². The van der Waals surface area contributed by atoms with Gasteiger partial charge in [0.2, 0.25) is 0 Å². The van der Waals surface area contributed by atoms with Crippen molar-refractivity contribution in [3.05, 3.63) is 57.8 Å². The van der Waals surface area contributed by atoms with Gasteiger partial charge in [0.05, 0.1) is 16.3 Å². The standard InChI is InChI=1S/C14H9Cl2FN2O2S/c15-7-5-9(16)12(20)11(6-7)18-14(22)19-13(21)8-3-1-2-4-10(8)17/h1-6,20H,(H2,18,19,21,22). The van der Waals surface area contributed by atoms with Gasteiger partial charge in [-0.2, -0.15) is 0 Å². The van der Waals surface area contributed by atoms with E-state index in [1.807, 2.05) is 0 Å². The molecule has 0 aliphatic heterocycles. The van der Waals surface area contributed by atoms with Crippen LogP contribution < -0.4 is 10.6 Å². The second kappa shape index (κ2) is 6.91. The van der Waals surface area contributed by atoms with Crippen molar-refractivity contribution in [1.82, 2.24) is 5.32 Å². The largest absolute Gasteiger partial charge is 0.504 e. The van der Waals surface area contributed by atoms with Crippen LogP contribution in [0.15, 0.2) is 36.4 Å². The minimum atomic E-state index is -0.719. The normalized spacial score (nSPS) is 10.1. The summed E-state index contributed by atoms with van der Waals surface area (Å²) in [7, 11) is 0. The van der Waals surface area contributed by atoms with Crippen molar-refractivity contribution in [3.63, 3.8) is 0 Å². The molecule has 0 aliphatic carbocycles. The van der Waals surface area contributed by atoms with Crippen molar-refractivity contribution in [2.75, 3.05) is 5.32 Å². The number of hydrogen-bond donors (Lipinski definition) is 3. The zero-order chi connectivity index (χ0) is 16.3. The van der Waals surface area contributed by atoms with Crippen molar-refractivity contribution in [3.8, 4) is 5.75 Å². The predicted octanol–water partition coefficient (Wildman–Crippen LogP) is 3.96. The first kappa shape index (κ1) is 16.5. The fourth-order valence-electron chi connectivity index (χ4n) is 1.63. The van der Waals surface area contributed by atoms with Crippen molar-refractivity contribution >= 4 is 52.1 Å². The van der Waals surface area contributed by atoms with Crippen LogP contribution in [0.3, 0.4) is 0 Å². The molecule has 0 saturated carbocycles. The second-order valence-corrected chi connectivity index (χ2v) is 5.42. The molecule has 2 aromatic carbocycles. The minimum Gasteiger partial charge on any atom is -0.504 e. The highest BCUT2D eigenvalue weighted by atomic mass is 35.5. The number of thiocarbonyl (C=S) groups is 1. The topological polar surface area (TPSA) is 61.4 Å². The van der Waals surface area contributed by atoms with Crippen molar-refractivity contribution in [1.29, 1.82) is 0 Å². The van der Waals surface area contributed by atoms with Crippen LogP contribution in [0.2, 0.25) is 10.0 Å². The molecule has 2 rings (SSSR count). The Bertz CT molecular complexity index is 756. The molecule has 0 bridgehead atoms. The molecule has 8 heteroatoms. The number of phenols is 1. The quantitative estimate of drug-likeness (QED) is 0.561. The third-order valence-corrected chi connectivity index (χ3v) is 3.33. The monoisotopic (exact) mass is 358 g/mol. The molecule has 1 amide bonds. The van der Waals surface area contributed by atoms with Gasteiger partial charge < -0.3 is 10.4 Å². The number of amides is 1. The van der Waals surface area contributed by atoms with Crippen LogP contribution in [0, 0.1) is 5.82 Å². The van der Waals surface area contributed by atoms with Gasteiger partial charge in [0.1, 0.15) is 5.82 Å². The van der Waals surface area contributed by atoms with E-state index < -0.39 is 11.7 Å². The molecular weight excluding hydrogens is 350 g/mol. The van der Waals surface area contributed by atoms with Crippen LogP contribution in [-0.4, -0.2) is 16.1 Å². The van der Waals surface area contributed by atoms with Gasteiger partial charge in [0.15, 0.2) is 10.9 Å². The van der Waals surface area contributed by atoms with E-state index in [-0.39, 0.29) is 32.2 Å². The third kappa shape index (κ3) is 3.85. The van der Waals surface area contributed by atoms with Crippen LogP contribution in [0.1, 0.15) is 10.4 Å². The Kier molecular flexibility index (Phi) is 5.18. The first-order valence-electron chi connectivity index (χ1n) is 5.93. The number of carbonyl (C=O) groups excluding carboxylic acids is 1. The lowest BCUT2D eigenvalue weighted by molar-refractivity contribution is 0.0974. The van der Waals surface area contributed by atoms with Gasteiger partial charge in [-0.1, -0.05) is 35.3 Å². The van der Waals surface area contributed by atoms with E-state index in [1.165, 1.54) is 30.3 Å². The van der Waals surface area contributed by atoms with Crippen molar-refractivity contribution < 1.29 is 14.3 Å². The molecule has 0 saturated heterocycles. The first-order valence-corrected chi connectivity index (χ1v) is 7.10. The number of benzene rings is 2. The maximum atomic E-state index is 13.5. The molecule has 0 spiro atoms. The lowest BCUT2D eigenvalue weighted by Gasteiger charge is -2.12. The molecule has 2 aromatic rings. The average Bonchev–Trinajstić information content (AvgIpc) is 2.44. The van der Waals surface area contributed by atoms with Crippen molar-refractivity contribution in [2.45, 2.75) is 0 Å². The summed E-state index contributed by atoms with van der Waals surface area (Å²) in [6, 6.07) is 8.20. The highest BCUT2D eigenvalue weighted by Crippen LogP contribution is 2.34. The summed E-state index contributed by atoms with van der Waals surface area (Å²) in [5.74, 6) is -1.66. The molecule has 0 unspecified atom stereocenters. The lowest BCUT2D eigenvalue weighted by Crippen LogP contribution is -2.34. The van der Waals surface area contributed by atoms with E-state index in [1.54, 1.807) is 0 Å². The van der Waals surface area contributed by atoms with Crippen LogP contribution in [-0.2, 0) is 0 Å². The third-order valence-electron chi connectivity index (χ3n) is 2.62. The summed E-state index contributed by atoms with van der Waals surface area (Å²) in [5.41, 5.74) is -0.0312. The summed E-state index contributed by atoms with van der Waals surface area (Å²) in [5, 5.41) is 14.8. The summed E-state index contributed by atoms with van der Waals surface area (Å²) in [4.78, 5) is 11.9. The summed E-state index contributed by atoms with van der Waals surface area (Å²) < 4.78 is 13.5. The Hall–Kier alpha value is -1.89. The Morgan fingerprint density at radius 1 is 1.23 bits per heavy atom. The van der Waals surface area contributed by atoms with Crippen molar-refractivity contribution in [2.24, 2.45) is 0 Å². The van der Waals surface area contributed by atoms with E-state index in [4.69, 9.17) is 35.4 Å². The SMILES string of the molecule is O=C(NC(=S)Nc1cc(Cl)cc(Cl)c1O)c1ccccc1F. The number of carbonyl (C=O) groups is 1. The molecule has 0 heterocycles. The molecule has 22 heavy (non-hydrogen) atoms. The molecule has 0 atom stereocenters. The molecule has 4 nitrogen and oxygen atoms in total. The number of nitrogens with one attached hydrogen (secondary N) is 2. The molecule has 0 radical (unpaired) electrons. The van der Waals surface area contributed by atoms with Crippen LogP contribution in [0.5, 0.6) is 5.75 Å². The molecular formula is C14H9Cl2FN2O2S. The van der Waals surface area contributed by atoms with Crippen LogP contribution in [0.25, 0.3) is 0 Å². The number of rotatable bonds is 2. The zero-order valence-corrected chi connectivity index (χ0v) is 13.2. The Morgan fingerprint density at radius 3 is 2.59 bits per heavy atom. The number of phenolic OH excluding ortho intramolecular Hbond substituents is 1. The number of halogens is 3. The minimum absolute atomic E-state index is 0.0261. The van der Waals surface area contributed by atoms with E-state index in [9.17, 15) is 14.3 Å². The molecule has 0 aromatic heterocycles. The van der Waals surface area contributed by atoms with Gasteiger partial charge in [0.25, 0.3) is 5.91 Å². The highest BCUT2D eigenvalue weighted by molar-refractivity contribution is 7.80. The summed E-state index contributed by atoms with van der Waals surface area (Å²) in [6.07, 6.45) is 0. The number of aromatic hydroxyl groups is 1. The highest BCUT2D eigenvalue weighted by Gasteiger charge is 2.14. The van der Waals surface area contributed by atoms with Crippen LogP contribution in [0.4, 0.5) is 10.1 Å². The van der Waals surface area contributed by atoms with Gasteiger partial charge in [-0.15, -0.1) is 0 Å². The molecule has 0 fully saturated rings. The number of anilines is 1. The van der Waals surface area contributed by atoms with E-state index in [2.05, 4.69) is 10.6 Å². The zero-order valence-electron chi connectivity index (χ0n) is 10.9. The molecule has 0 aliphatic rings. The van der Waals surface area contributed by atoms with Gasteiger partial charge >= 0.3 is 0 Å². The first-order chi connectivity index (χ1) is 10.4. The fraction of sp³-hybridized carbons (Fsp3) is 0. The van der Waals surface area contributed by atoms with Crippen LogP contribution >= 0.6 is 35.4 Å². The van der Waals surface area contributed by atoms with Gasteiger partial charge in [-0.25, -0.2) is 4.39 Å². The predicted molar refractivity (Wildman–Crippen MR) is 88.2 cm³/mol. The number of hydrogen-bond acceptors (Lipinski definition) is 3. The summed E-state index contributed by atoms with van der Waals surface area (Å²) >= 11 is 16.5. The van der Waals surface area contributed by atoms with E-state index in [0.29, 0.717) is 0 Å². The Morgan fingerprint density at radius 2 is 1.91 bits per heavy atom. The maximum Gasteiger partial charge on any atom is 0.260 e. The van der Waals surface area contributed by atoms with E-state index >= 15 is 0 Å². The summed E-state index contributed by atoms with van der Waals surface area (Å²) in [6.45, 7) is 0. The maximum absolute atomic E-state index is 13.5. The van der Waals surface area contributed by atoms with E-state index in [0.717, 1.165) is 6.07 Å². The Labute approximate surface area is 140 Å².